The summed E-state index contributed by atoms with van der Waals surface area (Å²) in [4.78, 5) is 0. The van der Waals surface area contributed by atoms with E-state index in [4.69, 9.17) is 9.47 Å². The highest BCUT2D eigenvalue weighted by atomic mass is 16.5. The summed E-state index contributed by atoms with van der Waals surface area (Å²) in [5, 5.41) is 2.55. The molecule has 24 heavy (non-hydrogen) atoms. The Kier molecular flexibility index (Phi) is 4.30. The summed E-state index contributed by atoms with van der Waals surface area (Å²) in [5.74, 6) is 0.881. The highest BCUT2D eigenvalue weighted by Crippen LogP contribution is 2.31. The maximum atomic E-state index is 6.07. The summed E-state index contributed by atoms with van der Waals surface area (Å²) >= 11 is 0. The zero-order chi connectivity index (χ0) is 16.2. The van der Waals surface area contributed by atoms with E-state index in [1.165, 1.54) is 21.9 Å². The quantitative estimate of drug-likeness (QED) is 0.482. The second-order valence-electron chi connectivity index (χ2n) is 5.98. The van der Waals surface area contributed by atoms with Gasteiger partial charge in [0, 0.05) is 0 Å². The van der Waals surface area contributed by atoms with Crippen LogP contribution in [0.1, 0.15) is 17.2 Å². The first-order valence-corrected chi connectivity index (χ1v) is 8.38. The number of rotatable bonds is 5. The molecule has 0 spiro atoms. The molecule has 0 saturated carbocycles. The predicted octanol–water partition coefficient (Wildman–Crippen LogP) is 5.09. The van der Waals surface area contributed by atoms with Gasteiger partial charge in [0.25, 0.3) is 0 Å². The fraction of sp³-hybridized carbons (Fsp3) is 0.182. The van der Waals surface area contributed by atoms with Gasteiger partial charge in [-0.15, -0.1) is 0 Å². The lowest BCUT2D eigenvalue weighted by Crippen LogP contribution is -2.13. The lowest BCUT2D eigenvalue weighted by molar-refractivity contribution is 0.0590. The van der Waals surface area contributed by atoms with Crippen molar-refractivity contribution in [3.8, 4) is 5.75 Å². The van der Waals surface area contributed by atoms with Crippen molar-refractivity contribution in [1.82, 2.24) is 0 Å². The largest absolute Gasteiger partial charge is 0.491 e. The number of benzene rings is 3. The number of fused-ring (bicyclic) bond motifs is 2. The van der Waals surface area contributed by atoms with Crippen LogP contribution in [0, 0.1) is 0 Å². The molecule has 1 aliphatic carbocycles. The molecule has 1 unspecified atom stereocenters. The third kappa shape index (κ3) is 3.19. The lowest BCUT2D eigenvalue weighted by Gasteiger charge is -2.22. The number of para-hydroxylation sites is 1. The maximum Gasteiger partial charge on any atom is 0.119 e. The molecule has 0 aliphatic heterocycles. The van der Waals surface area contributed by atoms with Crippen LogP contribution in [0.2, 0.25) is 0 Å². The van der Waals surface area contributed by atoms with Crippen molar-refractivity contribution < 1.29 is 9.47 Å². The first-order valence-electron chi connectivity index (χ1n) is 8.38. The average Bonchev–Trinajstić information content (AvgIpc) is 2.64. The van der Waals surface area contributed by atoms with Gasteiger partial charge in [0.15, 0.2) is 0 Å². The molecular formula is C22H20O2. The van der Waals surface area contributed by atoms with Crippen molar-refractivity contribution in [1.29, 1.82) is 0 Å². The Labute approximate surface area is 142 Å². The van der Waals surface area contributed by atoms with Crippen LogP contribution in [0.25, 0.3) is 10.8 Å². The van der Waals surface area contributed by atoms with Crippen LogP contribution in [-0.2, 0) is 11.2 Å². The summed E-state index contributed by atoms with van der Waals surface area (Å²) in [6, 6.07) is 22.9. The van der Waals surface area contributed by atoms with E-state index in [1.807, 2.05) is 30.3 Å². The summed E-state index contributed by atoms with van der Waals surface area (Å²) < 4.78 is 11.8. The van der Waals surface area contributed by atoms with E-state index in [0.717, 1.165) is 12.2 Å². The molecule has 0 N–H and O–H groups in total. The van der Waals surface area contributed by atoms with Gasteiger partial charge in [0.2, 0.25) is 0 Å². The van der Waals surface area contributed by atoms with E-state index in [-0.39, 0.29) is 6.10 Å². The minimum atomic E-state index is 0.0118. The van der Waals surface area contributed by atoms with Crippen LogP contribution in [0.5, 0.6) is 5.75 Å². The van der Waals surface area contributed by atoms with Crippen molar-refractivity contribution in [3.63, 3.8) is 0 Å². The Balaban J connectivity index is 1.44. The molecule has 4 rings (SSSR count). The van der Waals surface area contributed by atoms with Crippen molar-refractivity contribution in [2.75, 3.05) is 13.2 Å². The van der Waals surface area contributed by atoms with Gasteiger partial charge in [-0.2, -0.15) is 0 Å². The van der Waals surface area contributed by atoms with Gasteiger partial charge in [-0.05, 0) is 46.5 Å². The third-order valence-electron chi connectivity index (χ3n) is 4.36. The number of hydrogen-bond acceptors (Lipinski definition) is 2. The molecule has 1 atom stereocenters. The highest BCUT2D eigenvalue weighted by molar-refractivity contribution is 5.84. The SMILES string of the molecule is C1=CC(OCCOc2ccccc2)c2cc3ccccc3cc2C1. The minimum absolute atomic E-state index is 0.0118. The maximum absolute atomic E-state index is 6.07. The van der Waals surface area contributed by atoms with Gasteiger partial charge in [-0.25, -0.2) is 0 Å². The van der Waals surface area contributed by atoms with Gasteiger partial charge in [-0.3, -0.25) is 0 Å². The molecule has 1 aliphatic rings. The van der Waals surface area contributed by atoms with Gasteiger partial charge in [0.05, 0.1) is 6.61 Å². The van der Waals surface area contributed by atoms with Crippen LogP contribution < -0.4 is 4.74 Å². The van der Waals surface area contributed by atoms with Crippen molar-refractivity contribution >= 4 is 10.8 Å². The predicted molar refractivity (Wildman–Crippen MR) is 97.4 cm³/mol. The molecule has 0 aromatic heterocycles. The van der Waals surface area contributed by atoms with Crippen molar-refractivity contribution in [3.05, 3.63) is 90.0 Å². The van der Waals surface area contributed by atoms with E-state index in [9.17, 15) is 0 Å². The minimum Gasteiger partial charge on any atom is -0.491 e. The van der Waals surface area contributed by atoms with E-state index in [0.29, 0.717) is 13.2 Å². The first kappa shape index (κ1) is 15.0. The lowest BCUT2D eigenvalue weighted by atomic mass is 9.91. The zero-order valence-electron chi connectivity index (χ0n) is 13.5. The van der Waals surface area contributed by atoms with Gasteiger partial charge >= 0.3 is 0 Å². The van der Waals surface area contributed by atoms with E-state index in [2.05, 4.69) is 48.6 Å². The normalized spacial score (nSPS) is 16.1. The Morgan fingerprint density at radius 1 is 0.833 bits per heavy atom. The van der Waals surface area contributed by atoms with Crippen molar-refractivity contribution in [2.24, 2.45) is 0 Å². The van der Waals surface area contributed by atoms with Gasteiger partial charge in [-0.1, -0.05) is 60.7 Å². The smallest absolute Gasteiger partial charge is 0.119 e. The molecule has 3 aromatic carbocycles. The third-order valence-corrected chi connectivity index (χ3v) is 4.36. The number of allylic oxidation sites excluding steroid dienone is 1. The van der Waals surface area contributed by atoms with Crippen LogP contribution in [-0.4, -0.2) is 13.2 Å². The van der Waals surface area contributed by atoms with E-state index < -0.39 is 0 Å². The topological polar surface area (TPSA) is 18.5 Å². The molecule has 0 radical (unpaired) electrons. The van der Waals surface area contributed by atoms with Crippen LogP contribution >= 0.6 is 0 Å². The number of ether oxygens (including phenoxy) is 2. The Morgan fingerprint density at radius 2 is 1.58 bits per heavy atom. The molecule has 3 aromatic rings. The van der Waals surface area contributed by atoms with Crippen LogP contribution in [0.4, 0.5) is 0 Å². The molecule has 2 nitrogen and oxygen atoms in total. The highest BCUT2D eigenvalue weighted by Gasteiger charge is 2.17. The Bertz CT molecular complexity index is 852. The van der Waals surface area contributed by atoms with Crippen LogP contribution in [0.3, 0.4) is 0 Å². The Hall–Kier alpha value is -2.58. The molecule has 0 saturated heterocycles. The summed E-state index contributed by atoms with van der Waals surface area (Å²) in [5.41, 5.74) is 2.63. The molecule has 0 bridgehead atoms. The zero-order valence-corrected chi connectivity index (χ0v) is 13.5. The van der Waals surface area contributed by atoms with E-state index in [1.54, 1.807) is 0 Å². The fourth-order valence-electron chi connectivity index (χ4n) is 3.17. The summed E-state index contributed by atoms with van der Waals surface area (Å²) in [6.07, 6.45) is 5.33. The van der Waals surface area contributed by atoms with Gasteiger partial charge in [0.1, 0.15) is 18.5 Å². The summed E-state index contributed by atoms with van der Waals surface area (Å²) in [6.45, 7) is 1.12. The monoisotopic (exact) mass is 316 g/mol. The fourth-order valence-corrected chi connectivity index (χ4v) is 3.17. The standard InChI is InChI=1S/C22H20O2/c1-2-10-20(11-3-1)23-13-14-24-22-12-6-9-19-15-17-7-4-5-8-18(17)16-21(19)22/h1-8,10-12,15-16,22H,9,13-14H2. The van der Waals surface area contributed by atoms with E-state index >= 15 is 0 Å². The van der Waals surface area contributed by atoms with Crippen LogP contribution in [0.15, 0.2) is 78.9 Å². The molecular weight excluding hydrogens is 296 g/mol. The molecule has 0 heterocycles. The second-order valence-corrected chi connectivity index (χ2v) is 5.98. The van der Waals surface area contributed by atoms with Crippen molar-refractivity contribution in [2.45, 2.75) is 12.5 Å². The second kappa shape index (κ2) is 6.90. The Morgan fingerprint density at radius 3 is 2.42 bits per heavy atom. The number of hydrogen-bond donors (Lipinski definition) is 0. The molecule has 0 fully saturated rings. The average molecular weight is 316 g/mol. The summed E-state index contributed by atoms with van der Waals surface area (Å²) in [7, 11) is 0. The molecule has 0 amide bonds. The molecule has 2 heteroatoms. The van der Waals surface area contributed by atoms with Gasteiger partial charge < -0.3 is 9.47 Å². The molecule has 120 valence electrons. The first-order chi connectivity index (χ1) is 11.9.